The van der Waals surface area contributed by atoms with Crippen LogP contribution in [-0.2, 0) is 0 Å². The Morgan fingerprint density at radius 1 is 0.566 bits per heavy atom. The SMILES string of the molecule is CCCCCCCCCCCCCCCCCCC(CCC)c1c(OCCCCCC)cc2c(c1OCCCCCC)SC(=Cc1ccccc1)C2=O. The summed E-state index contributed by atoms with van der Waals surface area (Å²) in [4.78, 5) is 15.8. The molecule has 0 radical (unpaired) electrons. The molecule has 2 aromatic carbocycles. The third-order valence-electron chi connectivity index (χ3n) is 11.0. The van der Waals surface area contributed by atoms with Gasteiger partial charge in [0.25, 0.3) is 0 Å². The molecule has 3 rings (SSSR count). The summed E-state index contributed by atoms with van der Waals surface area (Å²) in [6.45, 7) is 10.5. The van der Waals surface area contributed by atoms with Crippen molar-refractivity contribution in [1.82, 2.24) is 0 Å². The fraction of sp³-hybridized carbons (Fsp3) is 0.694. The van der Waals surface area contributed by atoms with Crippen LogP contribution in [0.1, 0.15) is 228 Å². The van der Waals surface area contributed by atoms with E-state index in [1.54, 1.807) is 11.8 Å². The Labute approximate surface area is 331 Å². The van der Waals surface area contributed by atoms with Gasteiger partial charge in [-0.25, -0.2) is 0 Å². The van der Waals surface area contributed by atoms with Crippen LogP contribution >= 0.6 is 11.8 Å². The highest BCUT2D eigenvalue weighted by atomic mass is 32.2. The van der Waals surface area contributed by atoms with Crippen LogP contribution in [0.2, 0.25) is 0 Å². The summed E-state index contributed by atoms with van der Waals surface area (Å²) >= 11 is 1.61. The Balaban J connectivity index is 1.67. The Morgan fingerprint density at radius 2 is 1.06 bits per heavy atom. The number of carbonyl (C=O) groups excluding carboxylic acids is 1. The molecule has 298 valence electrons. The molecule has 1 aliphatic heterocycles. The molecule has 0 N–H and O–H groups in total. The van der Waals surface area contributed by atoms with E-state index in [0.29, 0.717) is 19.1 Å². The van der Waals surface area contributed by atoms with Crippen molar-refractivity contribution in [2.45, 2.75) is 212 Å². The second kappa shape index (κ2) is 29.1. The van der Waals surface area contributed by atoms with Crippen molar-refractivity contribution in [3.63, 3.8) is 0 Å². The zero-order valence-corrected chi connectivity index (χ0v) is 35.6. The van der Waals surface area contributed by atoms with Crippen molar-refractivity contribution in [3.8, 4) is 11.5 Å². The van der Waals surface area contributed by atoms with Gasteiger partial charge in [0.05, 0.1) is 23.0 Å². The van der Waals surface area contributed by atoms with Crippen molar-refractivity contribution in [3.05, 3.63) is 58.0 Å². The molecule has 3 nitrogen and oxygen atoms in total. The normalized spacial score (nSPS) is 13.9. The highest BCUT2D eigenvalue weighted by Gasteiger charge is 2.35. The zero-order chi connectivity index (χ0) is 37.8. The fourth-order valence-electron chi connectivity index (χ4n) is 7.77. The maximum absolute atomic E-state index is 14.0. The van der Waals surface area contributed by atoms with E-state index in [0.717, 1.165) is 64.5 Å². The molecule has 1 heterocycles. The van der Waals surface area contributed by atoms with Gasteiger partial charge in [0.15, 0.2) is 0 Å². The smallest absolute Gasteiger partial charge is 0.201 e. The van der Waals surface area contributed by atoms with E-state index in [2.05, 4.69) is 45.9 Å². The third-order valence-corrected chi connectivity index (χ3v) is 12.1. The topological polar surface area (TPSA) is 35.5 Å². The number of ether oxygens (including phenoxy) is 2. The average Bonchev–Trinajstić information content (AvgIpc) is 3.48. The number of hydrogen-bond donors (Lipinski definition) is 0. The van der Waals surface area contributed by atoms with Gasteiger partial charge in [0.1, 0.15) is 11.5 Å². The lowest BCUT2D eigenvalue weighted by Gasteiger charge is -2.25. The van der Waals surface area contributed by atoms with Crippen LogP contribution in [-0.4, -0.2) is 19.0 Å². The second-order valence-corrected chi connectivity index (χ2v) is 16.8. The van der Waals surface area contributed by atoms with Gasteiger partial charge in [-0.2, -0.15) is 0 Å². The van der Waals surface area contributed by atoms with E-state index in [1.165, 1.54) is 147 Å². The quantitative estimate of drug-likeness (QED) is 0.0538. The van der Waals surface area contributed by atoms with Crippen LogP contribution in [0.3, 0.4) is 0 Å². The molecular weight excluding hydrogens is 669 g/mol. The van der Waals surface area contributed by atoms with Gasteiger partial charge in [0.2, 0.25) is 5.78 Å². The fourth-order valence-corrected chi connectivity index (χ4v) is 8.91. The van der Waals surface area contributed by atoms with Crippen molar-refractivity contribution in [2.24, 2.45) is 0 Å². The maximum Gasteiger partial charge on any atom is 0.201 e. The van der Waals surface area contributed by atoms with Crippen LogP contribution in [0.5, 0.6) is 11.5 Å². The molecule has 0 aromatic heterocycles. The number of hydrogen-bond acceptors (Lipinski definition) is 4. The minimum absolute atomic E-state index is 0.0944. The van der Waals surface area contributed by atoms with Gasteiger partial charge >= 0.3 is 0 Å². The second-order valence-electron chi connectivity index (χ2n) is 15.7. The number of thioether (sulfide) groups is 1. The number of fused-ring (bicyclic) bond motifs is 1. The monoisotopic (exact) mass is 747 g/mol. The van der Waals surface area contributed by atoms with Crippen LogP contribution in [0, 0.1) is 0 Å². The highest BCUT2D eigenvalue weighted by Crippen LogP contribution is 2.53. The summed E-state index contributed by atoms with van der Waals surface area (Å²) < 4.78 is 13.5. The van der Waals surface area contributed by atoms with E-state index in [9.17, 15) is 4.79 Å². The molecule has 53 heavy (non-hydrogen) atoms. The van der Waals surface area contributed by atoms with Crippen LogP contribution in [0.15, 0.2) is 46.2 Å². The first-order valence-electron chi connectivity index (χ1n) is 22.6. The predicted octanol–water partition coefficient (Wildman–Crippen LogP) is 16.5. The minimum atomic E-state index is 0.0944. The molecule has 1 unspecified atom stereocenters. The number of rotatable bonds is 33. The lowest BCUT2D eigenvalue weighted by Crippen LogP contribution is -2.11. The van der Waals surface area contributed by atoms with E-state index in [1.807, 2.05) is 24.3 Å². The molecule has 0 saturated carbocycles. The highest BCUT2D eigenvalue weighted by molar-refractivity contribution is 8.05. The van der Waals surface area contributed by atoms with Gasteiger partial charge < -0.3 is 9.47 Å². The number of Topliss-reactive ketones (excluding diaryl/α,β-unsaturated/α-hetero) is 1. The Kier molecular flexibility index (Phi) is 24.8. The van der Waals surface area contributed by atoms with Gasteiger partial charge in [0, 0.05) is 11.1 Å². The molecule has 0 spiro atoms. The van der Waals surface area contributed by atoms with E-state index in [-0.39, 0.29) is 5.78 Å². The Morgan fingerprint density at radius 3 is 1.58 bits per heavy atom. The van der Waals surface area contributed by atoms with Gasteiger partial charge in [-0.15, -0.1) is 0 Å². The molecular formula is C49H78O3S. The lowest BCUT2D eigenvalue weighted by atomic mass is 9.86. The summed E-state index contributed by atoms with van der Waals surface area (Å²) in [5.41, 5.74) is 3.04. The van der Waals surface area contributed by atoms with E-state index < -0.39 is 0 Å². The molecule has 0 aliphatic carbocycles. The Hall–Kier alpha value is -2.20. The standard InChI is InChI=1S/C49H78O3S/c1-5-9-12-15-16-17-18-19-20-21-22-23-24-25-26-30-36-42(33-8-4)46-44(51-37-31-13-10-6-2)40-43-47(50)45(39-41-34-28-27-29-35-41)53-49(43)48(46)52-38-32-14-11-7-3/h27-29,34-35,39-40,42H,5-26,30-33,36-38H2,1-4H3. The first-order valence-corrected chi connectivity index (χ1v) is 23.4. The molecule has 1 aliphatic rings. The summed E-state index contributed by atoms with van der Waals surface area (Å²) in [6.07, 6.45) is 36.9. The van der Waals surface area contributed by atoms with Crippen molar-refractivity contribution < 1.29 is 14.3 Å². The van der Waals surface area contributed by atoms with Gasteiger partial charge in [-0.05, 0) is 49.3 Å². The van der Waals surface area contributed by atoms with Gasteiger partial charge in [-0.1, -0.05) is 217 Å². The number of ketones is 1. The number of unbranched alkanes of at least 4 members (excludes halogenated alkanes) is 21. The van der Waals surface area contributed by atoms with Crippen molar-refractivity contribution in [2.75, 3.05) is 13.2 Å². The molecule has 0 fully saturated rings. The summed E-state index contributed by atoms with van der Waals surface area (Å²) in [5, 5.41) is 0. The first kappa shape index (κ1) is 45.2. The number of allylic oxidation sites excluding steroid dienone is 1. The summed E-state index contributed by atoms with van der Waals surface area (Å²) in [7, 11) is 0. The first-order chi connectivity index (χ1) is 26.1. The largest absolute Gasteiger partial charge is 0.493 e. The van der Waals surface area contributed by atoms with Crippen LogP contribution in [0.25, 0.3) is 6.08 Å². The van der Waals surface area contributed by atoms with Crippen LogP contribution < -0.4 is 9.47 Å². The summed E-state index contributed by atoms with van der Waals surface area (Å²) in [5.74, 6) is 2.30. The third kappa shape index (κ3) is 17.4. The van der Waals surface area contributed by atoms with Crippen molar-refractivity contribution in [1.29, 1.82) is 0 Å². The van der Waals surface area contributed by atoms with Crippen LogP contribution in [0.4, 0.5) is 0 Å². The van der Waals surface area contributed by atoms with E-state index in [4.69, 9.17) is 9.47 Å². The number of benzene rings is 2. The lowest BCUT2D eigenvalue weighted by molar-refractivity contribution is 0.104. The average molecular weight is 747 g/mol. The maximum atomic E-state index is 14.0. The molecule has 0 amide bonds. The van der Waals surface area contributed by atoms with Crippen molar-refractivity contribution >= 4 is 23.6 Å². The molecule has 2 aromatic rings. The van der Waals surface area contributed by atoms with E-state index >= 15 is 0 Å². The molecule has 0 saturated heterocycles. The molecule has 1 atom stereocenters. The number of carbonyl (C=O) groups is 1. The zero-order valence-electron chi connectivity index (χ0n) is 34.8. The summed E-state index contributed by atoms with van der Waals surface area (Å²) in [6, 6.07) is 12.3. The Bertz CT molecular complexity index is 1270. The molecule has 0 bridgehead atoms. The molecule has 4 heteroatoms. The minimum Gasteiger partial charge on any atom is -0.493 e. The van der Waals surface area contributed by atoms with Gasteiger partial charge in [-0.3, -0.25) is 4.79 Å². The predicted molar refractivity (Wildman–Crippen MR) is 232 cm³/mol.